The molecule has 0 atom stereocenters. The second-order valence-electron chi connectivity index (χ2n) is 7.72. The van der Waals surface area contributed by atoms with E-state index in [0.717, 1.165) is 42.7 Å². The lowest BCUT2D eigenvalue weighted by Gasteiger charge is -2.33. The summed E-state index contributed by atoms with van der Waals surface area (Å²) in [5, 5.41) is 3.37. The lowest BCUT2D eigenvalue weighted by molar-refractivity contribution is -0.134. The summed E-state index contributed by atoms with van der Waals surface area (Å²) in [4.78, 5) is 23.0. The highest BCUT2D eigenvalue weighted by molar-refractivity contribution is 7.15. The molecule has 0 bridgehead atoms. The summed E-state index contributed by atoms with van der Waals surface area (Å²) in [6.45, 7) is 1.32. The van der Waals surface area contributed by atoms with Gasteiger partial charge in [-0.1, -0.05) is 6.07 Å². The molecule has 2 aromatic rings. The van der Waals surface area contributed by atoms with Crippen LogP contribution in [0.4, 0.5) is 24.1 Å². The molecule has 0 unspecified atom stereocenters. The van der Waals surface area contributed by atoms with Gasteiger partial charge in [0.2, 0.25) is 5.91 Å². The van der Waals surface area contributed by atoms with Crippen LogP contribution in [-0.2, 0) is 11.2 Å². The van der Waals surface area contributed by atoms with Gasteiger partial charge in [0.15, 0.2) is 5.13 Å². The van der Waals surface area contributed by atoms with Gasteiger partial charge in [-0.2, -0.15) is 13.2 Å². The van der Waals surface area contributed by atoms with Crippen molar-refractivity contribution in [3.63, 3.8) is 0 Å². The first-order valence-electron chi connectivity index (χ1n) is 9.56. The molecule has 1 amide bonds. The molecular weight excluding hydrogens is 403 g/mol. The maximum atomic E-state index is 12.5. The molecule has 2 aliphatic rings. The molecular formula is C19H22F3N5OS. The minimum Gasteiger partial charge on any atom is -0.341 e. The molecule has 156 valence electrons. The van der Waals surface area contributed by atoms with Gasteiger partial charge < -0.3 is 16.0 Å². The number of alkyl halides is 3. The van der Waals surface area contributed by atoms with E-state index in [0.29, 0.717) is 24.0 Å². The number of nitrogens with zero attached hydrogens (tertiary/aromatic N) is 3. The van der Waals surface area contributed by atoms with Crippen LogP contribution in [0.15, 0.2) is 24.4 Å². The Morgan fingerprint density at radius 1 is 1.31 bits per heavy atom. The number of rotatable bonds is 5. The third-order valence-electron chi connectivity index (χ3n) is 5.35. The van der Waals surface area contributed by atoms with Gasteiger partial charge in [0.1, 0.15) is 5.82 Å². The first-order valence-corrected chi connectivity index (χ1v) is 10.4. The number of carbonyl (C=O) groups excluding carboxylic acids is 1. The van der Waals surface area contributed by atoms with Crippen molar-refractivity contribution >= 4 is 28.2 Å². The van der Waals surface area contributed by atoms with Crippen molar-refractivity contribution in [1.82, 2.24) is 14.9 Å². The largest absolute Gasteiger partial charge is 0.393 e. The number of hydrogen-bond donors (Lipinski definition) is 2. The number of pyridine rings is 1. The normalized spacial score (nSPS) is 19.2. The van der Waals surface area contributed by atoms with E-state index in [1.54, 1.807) is 6.07 Å². The Hall–Kier alpha value is -2.20. The number of amides is 1. The van der Waals surface area contributed by atoms with Crippen LogP contribution in [-0.4, -0.2) is 45.6 Å². The highest BCUT2D eigenvalue weighted by Crippen LogP contribution is 2.36. The van der Waals surface area contributed by atoms with Crippen LogP contribution in [0.1, 0.15) is 42.2 Å². The highest BCUT2D eigenvalue weighted by atomic mass is 32.1. The van der Waals surface area contributed by atoms with E-state index < -0.39 is 18.1 Å². The zero-order valence-electron chi connectivity index (χ0n) is 15.7. The summed E-state index contributed by atoms with van der Waals surface area (Å²) in [6.07, 6.45) is -0.842. The molecule has 2 fully saturated rings. The van der Waals surface area contributed by atoms with Crippen molar-refractivity contribution in [1.29, 1.82) is 0 Å². The number of aromatic nitrogens is 2. The molecule has 0 aromatic carbocycles. The fraction of sp³-hybridized carbons (Fsp3) is 0.526. The maximum Gasteiger partial charge on any atom is 0.393 e. The van der Waals surface area contributed by atoms with E-state index in [1.165, 1.54) is 6.20 Å². The first kappa shape index (κ1) is 20.1. The van der Waals surface area contributed by atoms with Crippen LogP contribution in [0, 0.1) is 0 Å². The van der Waals surface area contributed by atoms with Crippen LogP contribution in [0.3, 0.4) is 0 Å². The van der Waals surface area contributed by atoms with E-state index in [1.807, 2.05) is 17.0 Å². The molecule has 0 spiro atoms. The third-order valence-corrected chi connectivity index (χ3v) is 6.26. The molecule has 1 aliphatic carbocycles. The standard InChI is InChI=1S/C19H22F3N5OS/c20-19(21,22)10-13-11-24-17(29-13)26-15-3-1-2-14(25-15)12-4-8-27(9-5-12)16(28)18(23)6-7-18/h1-3,11-12H,4-10,23H2,(H,24,25,26). The first-order chi connectivity index (χ1) is 13.7. The monoisotopic (exact) mass is 425 g/mol. The number of halogens is 3. The predicted octanol–water partition coefficient (Wildman–Crippen LogP) is 3.58. The molecule has 29 heavy (non-hydrogen) atoms. The van der Waals surface area contributed by atoms with Crippen molar-refractivity contribution < 1.29 is 18.0 Å². The lowest BCUT2D eigenvalue weighted by atomic mass is 9.92. The smallest absolute Gasteiger partial charge is 0.341 e. The van der Waals surface area contributed by atoms with Gasteiger partial charge in [0, 0.05) is 35.8 Å². The van der Waals surface area contributed by atoms with Crippen molar-refractivity contribution in [2.24, 2.45) is 5.73 Å². The Kier molecular flexibility index (Phi) is 5.24. The van der Waals surface area contributed by atoms with Gasteiger partial charge in [0.05, 0.1) is 12.0 Å². The van der Waals surface area contributed by atoms with Gasteiger partial charge in [-0.05, 0) is 37.8 Å². The van der Waals surface area contributed by atoms with Crippen LogP contribution in [0.2, 0.25) is 0 Å². The van der Waals surface area contributed by atoms with Crippen LogP contribution in [0.25, 0.3) is 0 Å². The average Bonchev–Trinajstić information content (AvgIpc) is 3.29. The lowest BCUT2D eigenvalue weighted by Crippen LogP contribution is -2.48. The van der Waals surface area contributed by atoms with E-state index in [2.05, 4.69) is 15.3 Å². The van der Waals surface area contributed by atoms with E-state index in [9.17, 15) is 18.0 Å². The third kappa shape index (κ3) is 4.87. The molecule has 3 N–H and O–H groups in total. The Balaban J connectivity index is 1.36. The van der Waals surface area contributed by atoms with E-state index >= 15 is 0 Å². The van der Waals surface area contributed by atoms with Gasteiger partial charge in [-0.25, -0.2) is 9.97 Å². The van der Waals surface area contributed by atoms with Crippen LogP contribution >= 0.6 is 11.3 Å². The second-order valence-corrected chi connectivity index (χ2v) is 8.83. The molecule has 10 heteroatoms. The number of piperidine rings is 1. The van der Waals surface area contributed by atoms with Gasteiger partial charge >= 0.3 is 6.18 Å². The van der Waals surface area contributed by atoms with Gasteiger partial charge in [-0.15, -0.1) is 11.3 Å². The molecule has 1 saturated heterocycles. The molecule has 3 heterocycles. The number of nitrogens with one attached hydrogen (secondary N) is 1. The SMILES string of the molecule is NC1(C(=O)N2CCC(c3cccc(Nc4ncc(CC(F)(F)F)s4)n3)CC2)CC1. The number of thiazole rings is 1. The van der Waals surface area contributed by atoms with Crippen molar-refractivity contribution in [2.75, 3.05) is 18.4 Å². The van der Waals surface area contributed by atoms with Gasteiger partial charge in [-0.3, -0.25) is 4.79 Å². The van der Waals surface area contributed by atoms with Crippen LogP contribution in [0.5, 0.6) is 0 Å². The fourth-order valence-corrected chi connectivity index (χ4v) is 4.39. The average molecular weight is 425 g/mol. The second kappa shape index (κ2) is 7.56. The van der Waals surface area contributed by atoms with Crippen LogP contribution < -0.4 is 11.1 Å². The van der Waals surface area contributed by atoms with Crippen molar-refractivity contribution in [2.45, 2.75) is 49.7 Å². The number of hydrogen-bond acceptors (Lipinski definition) is 6. The Morgan fingerprint density at radius 2 is 2.03 bits per heavy atom. The Bertz CT molecular complexity index is 888. The van der Waals surface area contributed by atoms with E-state index in [-0.39, 0.29) is 16.7 Å². The summed E-state index contributed by atoms with van der Waals surface area (Å²) in [5.41, 5.74) is 6.29. The number of likely N-dealkylation sites (tertiary alicyclic amines) is 1. The maximum absolute atomic E-state index is 12.5. The summed E-state index contributed by atoms with van der Waals surface area (Å²) >= 11 is 0.969. The Morgan fingerprint density at radius 3 is 2.69 bits per heavy atom. The molecule has 6 nitrogen and oxygen atoms in total. The summed E-state index contributed by atoms with van der Waals surface area (Å²) < 4.78 is 37.5. The molecule has 1 saturated carbocycles. The highest BCUT2D eigenvalue weighted by Gasteiger charge is 2.48. The minimum absolute atomic E-state index is 0.0535. The quantitative estimate of drug-likeness (QED) is 0.765. The molecule has 1 aliphatic heterocycles. The molecule has 2 aromatic heterocycles. The number of anilines is 2. The molecule has 4 rings (SSSR count). The minimum atomic E-state index is -4.25. The summed E-state index contributed by atoms with van der Waals surface area (Å²) in [6, 6.07) is 5.57. The zero-order chi connectivity index (χ0) is 20.6. The van der Waals surface area contributed by atoms with Gasteiger partial charge in [0.25, 0.3) is 0 Å². The Labute approximate surface area is 170 Å². The zero-order valence-corrected chi connectivity index (χ0v) is 16.5. The summed E-state index contributed by atoms with van der Waals surface area (Å²) in [7, 11) is 0. The van der Waals surface area contributed by atoms with E-state index in [4.69, 9.17) is 5.73 Å². The van der Waals surface area contributed by atoms with Crippen molar-refractivity contribution in [3.8, 4) is 0 Å². The summed E-state index contributed by atoms with van der Waals surface area (Å²) in [5.74, 6) is 0.830. The molecule has 0 radical (unpaired) electrons. The number of nitrogens with two attached hydrogens (primary N) is 1. The predicted molar refractivity (Wildman–Crippen MR) is 104 cm³/mol. The topological polar surface area (TPSA) is 84.1 Å². The fourth-order valence-electron chi connectivity index (χ4n) is 3.54. The number of carbonyl (C=O) groups is 1. The van der Waals surface area contributed by atoms with Crippen molar-refractivity contribution in [3.05, 3.63) is 35.0 Å².